The summed E-state index contributed by atoms with van der Waals surface area (Å²) < 4.78 is 0. The molecule has 2 nitrogen and oxygen atoms in total. The van der Waals surface area contributed by atoms with Crippen molar-refractivity contribution in [1.82, 2.24) is 4.90 Å². The lowest BCUT2D eigenvalue weighted by atomic mass is 9.97. The Kier molecular flexibility index (Phi) is 4.24. The van der Waals surface area contributed by atoms with Crippen LogP contribution in [0.5, 0.6) is 0 Å². The van der Waals surface area contributed by atoms with E-state index in [4.69, 9.17) is 23.2 Å². The molecule has 2 rings (SSSR count). The third-order valence-corrected chi connectivity index (χ3v) is 4.56. The van der Waals surface area contributed by atoms with E-state index >= 15 is 0 Å². The average Bonchev–Trinajstić information content (AvgIpc) is 2.67. The molecule has 1 aromatic carbocycles. The van der Waals surface area contributed by atoms with Crippen LogP contribution in [-0.2, 0) is 0 Å². The minimum Gasteiger partial charge on any atom is -0.292 e. The molecule has 0 bridgehead atoms. The number of nitrogens with zero attached hydrogens (tertiary/aromatic N) is 1. The van der Waals surface area contributed by atoms with Crippen LogP contribution in [0.4, 0.5) is 0 Å². The molecule has 1 atom stereocenters. The highest BCUT2D eigenvalue weighted by Gasteiger charge is 2.38. The van der Waals surface area contributed by atoms with E-state index in [1.54, 1.807) is 18.2 Å². The molecule has 1 aliphatic rings. The second-order valence-corrected chi connectivity index (χ2v) is 6.62. The fourth-order valence-electron chi connectivity index (χ4n) is 2.90. The van der Waals surface area contributed by atoms with Crippen molar-refractivity contribution < 1.29 is 4.79 Å². The topological polar surface area (TPSA) is 20.3 Å². The molecule has 0 aliphatic carbocycles. The first-order valence-electron chi connectivity index (χ1n) is 6.59. The summed E-state index contributed by atoms with van der Waals surface area (Å²) in [5.41, 5.74) is 0.634. The molecule has 0 spiro atoms. The molecule has 0 radical (unpaired) electrons. The zero-order valence-corrected chi connectivity index (χ0v) is 13.1. The first kappa shape index (κ1) is 14.8. The third-order valence-electron chi connectivity index (χ3n) is 4.01. The van der Waals surface area contributed by atoms with Gasteiger partial charge >= 0.3 is 0 Å². The first-order valence-corrected chi connectivity index (χ1v) is 7.34. The molecule has 1 aromatic rings. The van der Waals surface area contributed by atoms with Gasteiger partial charge < -0.3 is 0 Å². The molecule has 1 heterocycles. The van der Waals surface area contributed by atoms with Gasteiger partial charge in [0.15, 0.2) is 5.78 Å². The molecule has 1 fully saturated rings. The lowest BCUT2D eigenvalue weighted by molar-refractivity contribution is 0.0722. The minimum atomic E-state index is -0.156. The van der Waals surface area contributed by atoms with Crippen molar-refractivity contribution in [3.63, 3.8) is 0 Å². The SMILES string of the molecule is CC(C(=O)c1ccc(Cl)cc1Cl)N1CCCC1(C)C. The van der Waals surface area contributed by atoms with Gasteiger partial charge in [0.25, 0.3) is 0 Å². The second kappa shape index (κ2) is 5.43. The van der Waals surface area contributed by atoms with Crippen molar-refractivity contribution in [2.45, 2.75) is 45.2 Å². The quantitative estimate of drug-likeness (QED) is 0.769. The monoisotopic (exact) mass is 299 g/mol. The summed E-state index contributed by atoms with van der Waals surface area (Å²) in [6, 6.07) is 4.89. The Labute approximate surface area is 124 Å². The molecule has 1 aliphatic heterocycles. The summed E-state index contributed by atoms with van der Waals surface area (Å²) in [6.45, 7) is 7.30. The molecule has 0 amide bonds. The lowest BCUT2D eigenvalue weighted by Crippen LogP contribution is -2.47. The summed E-state index contributed by atoms with van der Waals surface area (Å²) in [4.78, 5) is 14.8. The highest BCUT2D eigenvalue weighted by Crippen LogP contribution is 2.32. The second-order valence-electron chi connectivity index (χ2n) is 5.77. The van der Waals surface area contributed by atoms with E-state index < -0.39 is 0 Å². The minimum absolute atomic E-state index is 0.0663. The van der Waals surface area contributed by atoms with Gasteiger partial charge in [-0.25, -0.2) is 0 Å². The number of likely N-dealkylation sites (tertiary alicyclic amines) is 1. The van der Waals surface area contributed by atoms with Crippen LogP contribution < -0.4 is 0 Å². The Morgan fingerprint density at radius 2 is 2.05 bits per heavy atom. The Morgan fingerprint density at radius 3 is 2.58 bits per heavy atom. The van der Waals surface area contributed by atoms with Gasteiger partial charge in [0.05, 0.1) is 11.1 Å². The molecule has 4 heteroatoms. The number of hydrogen-bond acceptors (Lipinski definition) is 2. The summed E-state index contributed by atoms with van der Waals surface area (Å²) in [6.07, 6.45) is 2.26. The maximum absolute atomic E-state index is 12.6. The van der Waals surface area contributed by atoms with Crippen LogP contribution in [0.15, 0.2) is 18.2 Å². The van der Waals surface area contributed by atoms with Crippen molar-refractivity contribution in [2.75, 3.05) is 6.54 Å². The molecule has 0 saturated carbocycles. The molecule has 0 aromatic heterocycles. The Morgan fingerprint density at radius 1 is 1.37 bits per heavy atom. The molecule has 1 saturated heterocycles. The summed E-state index contributed by atoms with van der Waals surface area (Å²) in [5, 5.41) is 0.983. The van der Waals surface area contributed by atoms with Crippen molar-refractivity contribution >= 4 is 29.0 Å². The van der Waals surface area contributed by atoms with Gasteiger partial charge in [-0.3, -0.25) is 9.69 Å². The van der Waals surface area contributed by atoms with E-state index in [2.05, 4.69) is 18.7 Å². The average molecular weight is 300 g/mol. The van der Waals surface area contributed by atoms with E-state index in [0.29, 0.717) is 15.6 Å². The van der Waals surface area contributed by atoms with Crippen LogP contribution in [0.25, 0.3) is 0 Å². The number of halogens is 2. The Bertz CT molecular complexity index is 499. The number of rotatable bonds is 3. The van der Waals surface area contributed by atoms with Gasteiger partial charge in [0.1, 0.15) is 0 Å². The van der Waals surface area contributed by atoms with Gasteiger partial charge in [0.2, 0.25) is 0 Å². The number of ketones is 1. The summed E-state index contributed by atoms with van der Waals surface area (Å²) in [7, 11) is 0. The first-order chi connectivity index (χ1) is 8.83. The molecule has 0 N–H and O–H groups in total. The maximum Gasteiger partial charge on any atom is 0.181 e. The lowest BCUT2D eigenvalue weighted by Gasteiger charge is -2.36. The predicted molar refractivity (Wildman–Crippen MR) is 80.3 cm³/mol. The standard InChI is InChI=1S/C15H19Cl2NO/c1-10(18-8-4-7-15(18,2)3)14(19)12-6-5-11(16)9-13(12)17/h5-6,9-10H,4,7-8H2,1-3H3. The van der Waals surface area contributed by atoms with E-state index in [1.807, 2.05) is 6.92 Å². The maximum atomic E-state index is 12.6. The van der Waals surface area contributed by atoms with Gasteiger partial charge in [-0.1, -0.05) is 23.2 Å². The summed E-state index contributed by atoms with van der Waals surface area (Å²) >= 11 is 12.0. The highest BCUT2D eigenvalue weighted by molar-refractivity contribution is 6.37. The van der Waals surface area contributed by atoms with E-state index in [1.165, 1.54) is 0 Å². The van der Waals surface area contributed by atoms with Gasteiger partial charge in [0, 0.05) is 16.1 Å². The number of benzene rings is 1. The van der Waals surface area contributed by atoms with Crippen molar-refractivity contribution in [2.24, 2.45) is 0 Å². The van der Waals surface area contributed by atoms with Crippen LogP contribution in [0.2, 0.25) is 10.0 Å². The Balaban J connectivity index is 2.24. The fourth-order valence-corrected chi connectivity index (χ4v) is 3.40. The molecular formula is C15H19Cl2NO. The van der Waals surface area contributed by atoms with Crippen LogP contribution >= 0.6 is 23.2 Å². The van der Waals surface area contributed by atoms with Crippen LogP contribution in [0.3, 0.4) is 0 Å². The number of carbonyl (C=O) groups excluding carboxylic acids is 1. The molecule has 104 valence electrons. The normalized spacial score (nSPS) is 20.5. The number of Topliss-reactive ketones (excluding diaryl/α,β-unsaturated/α-hetero) is 1. The third kappa shape index (κ3) is 2.96. The zero-order valence-electron chi connectivity index (χ0n) is 11.5. The van der Waals surface area contributed by atoms with Gasteiger partial charge in [-0.2, -0.15) is 0 Å². The largest absolute Gasteiger partial charge is 0.292 e. The van der Waals surface area contributed by atoms with Crippen LogP contribution in [-0.4, -0.2) is 28.8 Å². The molecule has 1 unspecified atom stereocenters. The van der Waals surface area contributed by atoms with E-state index in [0.717, 1.165) is 19.4 Å². The molecule has 19 heavy (non-hydrogen) atoms. The van der Waals surface area contributed by atoms with Gasteiger partial charge in [-0.15, -0.1) is 0 Å². The van der Waals surface area contributed by atoms with Crippen LogP contribution in [0.1, 0.15) is 44.0 Å². The van der Waals surface area contributed by atoms with Gasteiger partial charge in [-0.05, 0) is 58.4 Å². The van der Waals surface area contributed by atoms with E-state index in [-0.39, 0.29) is 17.4 Å². The smallest absolute Gasteiger partial charge is 0.181 e. The van der Waals surface area contributed by atoms with Crippen molar-refractivity contribution in [3.8, 4) is 0 Å². The van der Waals surface area contributed by atoms with Crippen molar-refractivity contribution in [1.29, 1.82) is 0 Å². The van der Waals surface area contributed by atoms with Crippen LogP contribution in [0, 0.1) is 0 Å². The predicted octanol–water partition coefficient (Wildman–Crippen LogP) is 4.44. The number of carbonyl (C=O) groups is 1. The fraction of sp³-hybridized carbons (Fsp3) is 0.533. The summed E-state index contributed by atoms with van der Waals surface area (Å²) in [5.74, 6) is 0.0663. The Hall–Kier alpha value is -0.570. The molecular weight excluding hydrogens is 281 g/mol. The highest BCUT2D eigenvalue weighted by atomic mass is 35.5. The van der Waals surface area contributed by atoms with Crippen molar-refractivity contribution in [3.05, 3.63) is 33.8 Å². The zero-order chi connectivity index (χ0) is 14.2. The number of hydrogen-bond donors (Lipinski definition) is 0. The van der Waals surface area contributed by atoms with E-state index in [9.17, 15) is 4.79 Å².